The van der Waals surface area contributed by atoms with Crippen molar-refractivity contribution in [3.05, 3.63) is 18.1 Å². The van der Waals surface area contributed by atoms with Crippen LogP contribution in [0.2, 0.25) is 0 Å². The van der Waals surface area contributed by atoms with Gasteiger partial charge in [0, 0.05) is 12.7 Å². The van der Waals surface area contributed by atoms with Crippen molar-refractivity contribution in [3.63, 3.8) is 0 Å². The number of nitrogens with one attached hydrogen (secondary N) is 1. The standard InChI is InChI=1S/C14H25N3O/c1-11(2)5-6-18-14-10-16-9-13(17-14)8-15-7-12(3)4/h9-12,15H,5-8H2,1-4H3. The van der Waals surface area contributed by atoms with E-state index < -0.39 is 0 Å². The molecule has 0 aliphatic heterocycles. The van der Waals surface area contributed by atoms with Crippen LogP contribution in [0.4, 0.5) is 0 Å². The van der Waals surface area contributed by atoms with Crippen LogP contribution in [0.15, 0.2) is 12.4 Å². The van der Waals surface area contributed by atoms with E-state index in [-0.39, 0.29) is 0 Å². The molecule has 0 atom stereocenters. The Labute approximate surface area is 110 Å². The van der Waals surface area contributed by atoms with Gasteiger partial charge in [-0.25, -0.2) is 4.98 Å². The van der Waals surface area contributed by atoms with Gasteiger partial charge in [-0.3, -0.25) is 4.98 Å². The number of rotatable bonds is 8. The maximum atomic E-state index is 5.58. The summed E-state index contributed by atoms with van der Waals surface area (Å²) in [6.45, 7) is 11.2. The first-order chi connectivity index (χ1) is 8.58. The molecule has 0 amide bonds. The Morgan fingerprint density at radius 1 is 1.17 bits per heavy atom. The minimum absolute atomic E-state index is 0.625. The van der Waals surface area contributed by atoms with E-state index in [0.29, 0.717) is 24.3 Å². The van der Waals surface area contributed by atoms with Crippen LogP contribution in [0, 0.1) is 11.8 Å². The van der Waals surface area contributed by atoms with Gasteiger partial charge in [-0.1, -0.05) is 27.7 Å². The fraction of sp³-hybridized carbons (Fsp3) is 0.714. The van der Waals surface area contributed by atoms with Crippen LogP contribution in [0.1, 0.15) is 39.8 Å². The van der Waals surface area contributed by atoms with E-state index in [4.69, 9.17) is 4.74 Å². The minimum Gasteiger partial charge on any atom is -0.477 e. The smallest absolute Gasteiger partial charge is 0.232 e. The molecule has 1 N–H and O–H groups in total. The molecule has 18 heavy (non-hydrogen) atoms. The van der Waals surface area contributed by atoms with Crippen molar-refractivity contribution in [3.8, 4) is 5.88 Å². The first-order valence-corrected chi connectivity index (χ1v) is 6.72. The third-order valence-electron chi connectivity index (χ3n) is 2.47. The maximum Gasteiger partial charge on any atom is 0.232 e. The first-order valence-electron chi connectivity index (χ1n) is 6.72. The van der Waals surface area contributed by atoms with E-state index in [0.717, 1.165) is 25.2 Å². The molecular formula is C14H25N3O. The molecule has 0 saturated carbocycles. The van der Waals surface area contributed by atoms with E-state index >= 15 is 0 Å². The van der Waals surface area contributed by atoms with Crippen LogP contribution < -0.4 is 10.1 Å². The van der Waals surface area contributed by atoms with Gasteiger partial charge in [0.25, 0.3) is 0 Å². The Bertz CT molecular complexity index is 310. The highest BCUT2D eigenvalue weighted by atomic mass is 16.5. The van der Waals surface area contributed by atoms with Gasteiger partial charge in [0.1, 0.15) is 0 Å². The van der Waals surface area contributed by atoms with Crippen molar-refractivity contribution >= 4 is 0 Å². The van der Waals surface area contributed by atoms with Gasteiger partial charge < -0.3 is 10.1 Å². The van der Waals surface area contributed by atoms with E-state index in [1.54, 1.807) is 12.4 Å². The Balaban J connectivity index is 2.36. The molecule has 0 saturated heterocycles. The molecule has 4 heteroatoms. The molecule has 4 nitrogen and oxygen atoms in total. The zero-order valence-electron chi connectivity index (χ0n) is 11.9. The van der Waals surface area contributed by atoms with Crippen LogP contribution in [-0.2, 0) is 6.54 Å². The normalized spacial score (nSPS) is 11.2. The summed E-state index contributed by atoms with van der Waals surface area (Å²) in [6.07, 6.45) is 4.49. The van der Waals surface area contributed by atoms with E-state index in [1.807, 2.05) is 0 Å². The molecule has 0 aliphatic carbocycles. The second-order valence-electron chi connectivity index (χ2n) is 5.40. The topological polar surface area (TPSA) is 47.0 Å². The molecule has 1 aromatic heterocycles. The summed E-state index contributed by atoms with van der Waals surface area (Å²) in [7, 11) is 0. The lowest BCUT2D eigenvalue weighted by molar-refractivity contribution is 0.277. The lowest BCUT2D eigenvalue weighted by Crippen LogP contribution is -2.19. The summed E-state index contributed by atoms with van der Waals surface area (Å²) in [4.78, 5) is 8.57. The number of aromatic nitrogens is 2. The van der Waals surface area contributed by atoms with E-state index in [1.165, 1.54) is 0 Å². The van der Waals surface area contributed by atoms with Gasteiger partial charge in [0.2, 0.25) is 5.88 Å². The molecule has 102 valence electrons. The fourth-order valence-electron chi connectivity index (χ4n) is 1.43. The average Bonchev–Trinajstić information content (AvgIpc) is 2.28. The van der Waals surface area contributed by atoms with Crippen LogP contribution in [0.3, 0.4) is 0 Å². The molecular weight excluding hydrogens is 226 g/mol. The summed E-state index contributed by atoms with van der Waals surface area (Å²) >= 11 is 0. The lowest BCUT2D eigenvalue weighted by atomic mass is 10.1. The number of hydrogen-bond donors (Lipinski definition) is 1. The van der Waals surface area contributed by atoms with Crippen molar-refractivity contribution in [1.82, 2.24) is 15.3 Å². The lowest BCUT2D eigenvalue weighted by Gasteiger charge is -2.09. The fourth-order valence-corrected chi connectivity index (χ4v) is 1.43. The number of hydrogen-bond acceptors (Lipinski definition) is 4. The largest absolute Gasteiger partial charge is 0.477 e. The van der Waals surface area contributed by atoms with Gasteiger partial charge in [0.15, 0.2) is 0 Å². The highest BCUT2D eigenvalue weighted by Crippen LogP contribution is 2.07. The van der Waals surface area contributed by atoms with Gasteiger partial charge >= 0.3 is 0 Å². The maximum absolute atomic E-state index is 5.58. The molecule has 1 heterocycles. The van der Waals surface area contributed by atoms with Crippen molar-refractivity contribution in [2.24, 2.45) is 11.8 Å². The molecule has 1 aromatic rings. The molecule has 0 spiro atoms. The monoisotopic (exact) mass is 251 g/mol. The Hall–Kier alpha value is -1.16. The SMILES string of the molecule is CC(C)CCOc1cncc(CNCC(C)C)n1. The minimum atomic E-state index is 0.625. The number of nitrogens with zero attached hydrogens (tertiary/aromatic N) is 2. The molecule has 0 bridgehead atoms. The third kappa shape index (κ3) is 6.55. The Kier molecular flexibility index (Phi) is 6.65. The van der Waals surface area contributed by atoms with Gasteiger partial charge in [0.05, 0.1) is 18.5 Å². The van der Waals surface area contributed by atoms with Crippen LogP contribution >= 0.6 is 0 Å². The quantitative estimate of drug-likeness (QED) is 0.771. The first kappa shape index (κ1) is 14.9. The van der Waals surface area contributed by atoms with E-state index in [9.17, 15) is 0 Å². The van der Waals surface area contributed by atoms with E-state index in [2.05, 4.69) is 43.0 Å². The molecule has 0 fully saturated rings. The van der Waals surface area contributed by atoms with Gasteiger partial charge in [-0.2, -0.15) is 0 Å². The van der Waals surface area contributed by atoms with Crippen LogP contribution in [0.5, 0.6) is 5.88 Å². The summed E-state index contributed by atoms with van der Waals surface area (Å²) in [6, 6.07) is 0. The van der Waals surface area contributed by atoms with Gasteiger partial charge in [-0.15, -0.1) is 0 Å². The summed E-state index contributed by atoms with van der Waals surface area (Å²) in [5.41, 5.74) is 0.928. The highest BCUT2D eigenvalue weighted by Gasteiger charge is 2.01. The highest BCUT2D eigenvalue weighted by molar-refractivity contribution is 5.08. The predicted octanol–water partition coefficient (Wildman–Crippen LogP) is 2.65. The molecule has 1 rings (SSSR count). The average molecular weight is 251 g/mol. The second-order valence-corrected chi connectivity index (χ2v) is 5.40. The third-order valence-corrected chi connectivity index (χ3v) is 2.47. The summed E-state index contributed by atoms with van der Waals surface area (Å²) < 4.78 is 5.58. The van der Waals surface area contributed by atoms with Crippen LogP contribution in [0.25, 0.3) is 0 Å². The Morgan fingerprint density at radius 3 is 2.61 bits per heavy atom. The molecule has 0 unspecified atom stereocenters. The number of ether oxygens (including phenoxy) is 1. The van der Waals surface area contributed by atoms with Crippen molar-refractivity contribution in [2.45, 2.75) is 40.7 Å². The summed E-state index contributed by atoms with van der Waals surface area (Å²) in [5.74, 6) is 1.91. The zero-order valence-corrected chi connectivity index (χ0v) is 11.9. The van der Waals surface area contributed by atoms with Crippen molar-refractivity contribution < 1.29 is 4.74 Å². The Morgan fingerprint density at radius 2 is 1.94 bits per heavy atom. The van der Waals surface area contributed by atoms with Crippen molar-refractivity contribution in [2.75, 3.05) is 13.2 Å². The molecule has 0 radical (unpaired) electrons. The zero-order chi connectivity index (χ0) is 13.4. The summed E-state index contributed by atoms with van der Waals surface area (Å²) in [5, 5.41) is 3.34. The second kappa shape index (κ2) is 8.03. The molecule has 0 aromatic carbocycles. The predicted molar refractivity (Wildman–Crippen MR) is 73.5 cm³/mol. The van der Waals surface area contributed by atoms with Gasteiger partial charge in [-0.05, 0) is 24.8 Å². The van der Waals surface area contributed by atoms with Crippen molar-refractivity contribution in [1.29, 1.82) is 0 Å². The molecule has 0 aliphatic rings. The van der Waals surface area contributed by atoms with Crippen LogP contribution in [-0.4, -0.2) is 23.1 Å².